The van der Waals surface area contributed by atoms with Crippen molar-refractivity contribution in [1.29, 1.82) is 0 Å². The number of carboxylic acids is 1. The predicted octanol–water partition coefficient (Wildman–Crippen LogP) is 3.29. The lowest BCUT2D eigenvalue weighted by atomic mass is 9.87. The molecule has 0 fully saturated rings. The van der Waals surface area contributed by atoms with E-state index >= 15 is 0 Å². The van der Waals surface area contributed by atoms with Crippen LogP contribution in [-0.2, 0) is 10.3 Å². The van der Waals surface area contributed by atoms with Gasteiger partial charge in [0.05, 0.1) is 0 Å². The predicted molar refractivity (Wildman–Crippen MR) is 107 cm³/mol. The van der Waals surface area contributed by atoms with Gasteiger partial charge in [0.15, 0.2) is 5.54 Å². The normalized spacial score (nSPS) is 12.7. The van der Waals surface area contributed by atoms with Crippen LogP contribution in [0.25, 0.3) is 0 Å². The molecule has 2 rings (SSSR count). The molecule has 0 bridgehead atoms. The number of aliphatic carboxylic acids is 1. The molecule has 0 aliphatic heterocycles. The number of carboxylic acid groups (broad SMARTS) is 1. The van der Waals surface area contributed by atoms with Gasteiger partial charge >= 0.3 is 5.97 Å². The minimum atomic E-state index is -1.52. The maximum absolute atomic E-state index is 12.8. The van der Waals surface area contributed by atoms with E-state index in [-0.39, 0.29) is 12.3 Å². The van der Waals surface area contributed by atoms with E-state index in [0.717, 1.165) is 0 Å². The number of hydrogen-bond acceptors (Lipinski definition) is 3. The van der Waals surface area contributed by atoms with Crippen LogP contribution in [-0.4, -0.2) is 40.9 Å². The SMILES string of the molecule is CCN(CC)C(=O)c1ccc(C(=O)NC(CC)(C(=O)O)c2ccccc2)cc1. The van der Waals surface area contributed by atoms with Gasteiger partial charge in [-0.25, -0.2) is 4.79 Å². The number of nitrogens with zero attached hydrogens (tertiary/aromatic N) is 1. The molecule has 0 radical (unpaired) electrons. The molecular formula is C22H26N2O4. The molecule has 0 aliphatic carbocycles. The van der Waals surface area contributed by atoms with Crippen LogP contribution in [0.5, 0.6) is 0 Å². The molecule has 6 nitrogen and oxygen atoms in total. The molecule has 2 amide bonds. The lowest BCUT2D eigenvalue weighted by molar-refractivity contribution is -0.145. The number of carbonyl (C=O) groups excluding carboxylic acids is 2. The Balaban J connectivity index is 2.27. The van der Waals surface area contributed by atoms with Gasteiger partial charge < -0.3 is 15.3 Å². The summed E-state index contributed by atoms with van der Waals surface area (Å²) in [7, 11) is 0. The first-order valence-corrected chi connectivity index (χ1v) is 9.40. The van der Waals surface area contributed by atoms with Crippen LogP contribution in [0.4, 0.5) is 0 Å². The van der Waals surface area contributed by atoms with Crippen LogP contribution >= 0.6 is 0 Å². The van der Waals surface area contributed by atoms with Gasteiger partial charge in [0, 0.05) is 24.2 Å². The van der Waals surface area contributed by atoms with Crippen LogP contribution in [0.2, 0.25) is 0 Å². The Labute approximate surface area is 165 Å². The maximum atomic E-state index is 12.8. The minimum Gasteiger partial charge on any atom is -0.479 e. The molecule has 28 heavy (non-hydrogen) atoms. The number of hydrogen-bond donors (Lipinski definition) is 2. The summed E-state index contributed by atoms with van der Waals surface area (Å²) in [5, 5.41) is 12.5. The summed E-state index contributed by atoms with van der Waals surface area (Å²) in [5.74, 6) is -1.73. The minimum absolute atomic E-state index is 0.102. The fourth-order valence-corrected chi connectivity index (χ4v) is 3.14. The van der Waals surface area contributed by atoms with Crippen molar-refractivity contribution in [2.24, 2.45) is 0 Å². The van der Waals surface area contributed by atoms with E-state index in [4.69, 9.17) is 0 Å². The fourth-order valence-electron chi connectivity index (χ4n) is 3.14. The van der Waals surface area contributed by atoms with Crippen molar-refractivity contribution in [3.8, 4) is 0 Å². The summed E-state index contributed by atoms with van der Waals surface area (Å²) >= 11 is 0. The van der Waals surface area contributed by atoms with Crippen molar-refractivity contribution in [2.45, 2.75) is 32.7 Å². The van der Waals surface area contributed by atoms with Gasteiger partial charge in [0.2, 0.25) is 0 Å². The zero-order valence-corrected chi connectivity index (χ0v) is 16.4. The van der Waals surface area contributed by atoms with Crippen LogP contribution in [0.3, 0.4) is 0 Å². The van der Waals surface area contributed by atoms with Crippen molar-refractivity contribution in [1.82, 2.24) is 10.2 Å². The molecule has 2 aromatic carbocycles. The zero-order chi connectivity index (χ0) is 20.7. The fraction of sp³-hybridized carbons (Fsp3) is 0.318. The van der Waals surface area contributed by atoms with Crippen LogP contribution in [0.1, 0.15) is 53.5 Å². The lowest BCUT2D eigenvalue weighted by Gasteiger charge is -2.30. The number of rotatable bonds is 8. The summed E-state index contributed by atoms with van der Waals surface area (Å²) in [4.78, 5) is 38.9. The highest BCUT2D eigenvalue weighted by atomic mass is 16.4. The Morgan fingerprint density at radius 1 is 0.893 bits per heavy atom. The van der Waals surface area contributed by atoms with Gasteiger partial charge in [-0.2, -0.15) is 0 Å². The second-order valence-electron chi connectivity index (χ2n) is 6.44. The average molecular weight is 382 g/mol. The molecule has 0 heterocycles. The van der Waals surface area contributed by atoms with Gasteiger partial charge in [-0.1, -0.05) is 37.3 Å². The van der Waals surface area contributed by atoms with Crippen molar-refractivity contribution >= 4 is 17.8 Å². The Morgan fingerprint density at radius 3 is 1.89 bits per heavy atom. The van der Waals surface area contributed by atoms with Crippen LogP contribution in [0.15, 0.2) is 54.6 Å². The number of carbonyl (C=O) groups is 3. The molecule has 0 spiro atoms. The first-order chi connectivity index (χ1) is 13.4. The van der Waals surface area contributed by atoms with Crippen molar-refractivity contribution in [2.75, 3.05) is 13.1 Å². The highest BCUT2D eigenvalue weighted by molar-refractivity contribution is 6.00. The summed E-state index contributed by atoms with van der Waals surface area (Å²) < 4.78 is 0. The number of amides is 2. The molecule has 0 aliphatic rings. The standard InChI is InChI=1S/C22H26N2O4/c1-4-22(21(27)28,18-10-8-7-9-11-18)23-19(25)16-12-14-17(15-13-16)20(26)24(5-2)6-3/h7-15H,4-6H2,1-3H3,(H,23,25)(H,27,28). The van der Waals surface area contributed by atoms with E-state index in [0.29, 0.717) is 29.8 Å². The Kier molecular flexibility index (Phi) is 6.93. The van der Waals surface area contributed by atoms with E-state index in [1.807, 2.05) is 13.8 Å². The van der Waals surface area contributed by atoms with E-state index < -0.39 is 17.4 Å². The van der Waals surface area contributed by atoms with E-state index in [2.05, 4.69) is 5.32 Å². The van der Waals surface area contributed by atoms with E-state index in [9.17, 15) is 19.5 Å². The first kappa shape index (κ1) is 21.2. The van der Waals surface area contributed by atoms with Gasteiger partial charge in [-0.3, -0.25) is 9.59 Å². The Bertz CT molecular complexity index is 829. The van der Waals surface area contributed by atoms with Gasteiger partial charge in [-0.05, 0) is 50.1 Å². The van der Waals surface area contributed by atoms with Gasteiger partial charge in [-0.15, -0.1) is 0 Å². The summed E-state index contributed by atoms with van der Waals surface area (Å²) in [6.07, 6.45) is 0.191. The highest BCUT2D eigenvalue weighted by Crippen LogP contribution is 2.26. The van der Waals surface area contributed by atoms with Crippen molar-refractivity contribution in [3.63, 3.8) is 0 Å². The second kappa shape index (κ2) is 9.17. The topological polar surface area (TPSA) is 86.7 Å². The lowest BCUT2D eigenvalue weighted by Crippen LogP contribution is -2.51. The zero-order valence-electron chi connectivity index (χ0n) is 16.4. The number of benzene rings is 2. The van der Waals surface area contributed by atoms with E-state index in [1.54, 1.807) is 66.4 Å². The summed E-state index contributed by atoms with van der Waals surface area (Å²) in [6, 6.07) is 14.9. The van der Waals surface area contributed by atoms with Crippen LogP contribution in [0, 0.1) is 0 Å². The first-order valence-electron chi connectivity index (χ1n) is 9.40. The average Bonchev–Trinajstić information content (AvgIpc) is 2.73. The molecule has 0 saturated heterocycles. The van der Waals surface area contributed by atoms with Crippen molar-refractivity contribution in [3.05, 3.63) is 71.3 Å². The van der Waals surface area contributed by atoms with Gasteiger partial charge in [0.25, 0.3) is 11.8 Å². The molecule has 1 atom stereocenters. The third kappa shape index (κ3) is 4.22. The van der Waals surface area contributed by atoms with Crippen molar-refractivity contribution < 1.29 is 19.5 Å². The smallest absolute Gasteiger partial charge is 0.334 e. The number of nitrogens with one attached hydrogen (secondary N) is 1. The largest absolute Gasteiger partial charge is 0.479 e. The Morgan fingerprint density at radius 2 is 1.43 bits per heavy atom. The summed E-state index contributed by atoms with van der Waals surface area (Å²) in [6.45, 7) is 6.73. The van der Waals surface area contributed by atoms with Gasteiger partial charge in [0.1, 0.15) is 0 Å². The third-order valence-corrected chi connectivity index (χ3v) is 4.93. The Hall–Kier alpha value is -3.15. The van der Waals surface area contributed by atoms with E-state index in [1.165, 1.54) is 0 Å². The highest BCUT2D eigenvalue weighted by Gasteiger charge is 2.40. The second-order valence-corrected chi connectivity index (χ2v) is 6.44. The summed E-state index contributed by atoms with van der Waals surface area (Å²) in [5.41, 5.74) is -0.227. The molecule has 6 heteroatoms. The maximum Gasteiger partial charge on any atom is 0.334 e. The molecule has 0 aromatic heterocycles. The monoisotopic (exact) mass is 382 g/mol. The molecule has 0 saturated carbocycles. The molecular weight excluding hydrogens is 356 g/mol. The molecule has 148 valence electrons. The molecule has 1 unspecified atom stereocenters. The third-order valence-electron chi connectivity index (χ3n) is 4.93. The van der Waals surface area contributed by atoms with Crippen LogP contribution < -0.4 is 5.32 Å². The quantitative estimate of drug-likeness (QED) is 0.733. The molecule has 2 N–H and O–H groups in total. The molecule has 2 aromatic rings.